The van der Waals surface area contributed by atoms with Crippen LogP contribution in [0.25, 0.3) is 0 Å². The first-order chi connectivity index (χ1) is 12.9. The average molecular weight is 392 g/mol. The molecule has 0 radical (unpaired) electrons. The van der Waals surface area contributed by atoms with Crippen LogP contribution < -0.4 is 10.1 Å². The van der Waals surface area contributed by atoms with Crippen molar-refractivity contribution in [3.05, 3.63) is 39.9 Å². The molecule has 1 aromatic rings. The van der Waals surface area contributed by atoms with Crippen LogP contribution in [0.2, 0.25) is 0 Å². The van der Waals surface area contributed by atoms with E-state index in [0.29, 0.717) is 5.75 Å². The third-order valence-electron chi connectivity index (χ3n) is 3.71. The molecule has 0 fully saturated rings. The Morgan fingerprint density at radius 3 is 2.29 bits per heavy atom. The summed E-state index contributed by atoms with van der Waals surface area (Å²) in [7, 11) is 1.09. The number of nitro groups is 1. The number of esters is 1. The Morgan fingerprint density at radius 2 is 1.82 bits per heavy atom. The van der Waals surface area contributed by atoms with Crippen molar-refractivity contribution in [1.82, 2.24) is 5.32 Å². The predicted octanol–water partition coefficient (Wildman–Crippen LogP) is 1.17. The second kappa shape index (κ2) is 9.19. The Labute approximate surface area is 163 Å². The van der Waals surface area contributed by atoms with Crippen LogP contribution in [0.3, 0.4) is 0 Å². The summed E-state index contributed by atoms with van der Waals surface area (Å²) in [5.74, 6) is 4.12. The van der Waals surface area contributed by atoms with Crippen molar-refractivity contribution >= 4 is 11.9 Å². The molecule has 1 unspecified atom stereocenters. The molecule has 0 spiro atoms. The predicted molar refractivity (Wildman–Crippen MR) is 100 cm³/mol. The van der Waals surface area contributed by atoms with Crippen LogP contribution in [-0.4, -0.2) is 52.8 Å². The Hall–Kier alpha value is -3.12. The van der Waals surface area contributed by atoms with Gasteiger partial charge in [-0.2, -0.15) is 0 Å². The molecule has 9 nitrogen and oxygen atoms in total. The van der Waals surface area contributed by atoms with Crippen LogP contribution in [0.4, 0.5) is 0 Å². The van der Waals surface area contributed by atoms with E-state index in [4.69, 9.17) is 4.74 Å². The number of methoxy groups -OCH3 is 1. The molecule has 0 aromatic heterocycles. The Morgan fingerprint density at radius 1 is 1.25 bits per heavy atom. The summed E-state index contributed by atoms with van der Waals surface area (Å²) in [5, 5.41) is 23.1. The van der Waals surface area contributed by atoms with Crippen molar-refractivity contribution in [3.8, 4) is 17.6 Å². The second-order valence-corrected chi connectivity index (χ2v) is 7.01. The fourth-order valence-corrected chi connectivity index (χ4v) is 2.04. The molecule has 0 aliphatic rings. The summed E-state index contributed by atoms with van der Waals surface area (Å²) in [6.07, 6.45) is 0. The van der Waals surface area contributed by atoms with Crippen LogP contribution in [0, 0.1) is 22.0 Å². The van der Waals surface area contributed by atoms with Gasteiger partial charge in [-0.3, -0.25) is 14.9 Å². The lowest BCUT2D eigenvalue weighted by molar-refractivity contribution is -0.562. The van der Waals surface area contributed by atoms with Gasteiger partial charge in [0.1, 0.15) is 18.0 Å². The zero-order chi connectivity index (χ0) is 21.5. The van der Waals surface area contributed by atoms with E-state index in [1.54, 1.807) is 13.8 Å². The van der Waals surface area contributed by atoms with Crippen LogP contribution in [0.1, 0.15) is 38.1 Å². The van der Waals surface area contributed by atoms with Gasteiger partial charge < -0.3 is 19.9 Å². The average Bonchev–Trinajstić information content (AvgIpc) is 2.61. The maximum Gasteiger partial charge on any atom is 0.335 e. The minimum absolute atomic E-state index is 0.0526. The van der Waals surface area contributed by atoms with Crippen molar-refractivity contribution < 1.29 is 29.1 Å². The standard InChI is InChI=1S/C19H24N2O7/c1-18(2,24)11-6-12-28-14-9-7-13(8-10-14)16(22)20-15(17(23)27-5)19(3,4)21(25)26/h7-10,15,24H,12H2,1-5H3,(H,20,22). The molecule has 1 atom stereocenters. The number of carbonyl (C=O) groups excluding carboxylic acids is 2. The zero-order valence-electron chi connectivity index (χ0n) is 16.4. The van der Waals surface area contributed by atoms with Crippen LogP contribution in [0.5, 0.6) is 5.75 Å². The summed E-state index contributed by atoms with van der Waals surface area (Å²) in [5.41, 5.74) is -2.69. The molecule has 1 rings (SSSR count). The number of carbonyl (C=O) groups is 2. The first kappa shape index (κ1) is 22.9. The van der Waals surface area contributed by atoms with E-state index in [-0.39, 0.29) is 12.2 Å². The summed E-state index contributed by atoms with van der Waals surface area (Å²) in [6, 6.07) is 4.47. The summed E-state index contributed by atoms with van der Waals surface area (Å²) in [6.45, 7) is 5.60. The topological polar surface area (TPSA) is 128 Å². The number of benzene rings is 1. The van der Waals surface area contributed by atoms with Gasteiger partial charge in [0.05, 0.1) is 7.11 Å². The minimum atomic E-state index is -1.76. The highest BCUT2D eigenvalue weighted by atomic mass is 16.6. The molecule has 2 N–H and O–H groups in total. The molecule has 1 amide bonds. The number of aliphatic hydroxyl groups is 1. The van der Waals surface area contributed by atoms with Crippen LogP contribution in [0.15, 0.2) is 24.3 Å². The van der Waals surface area contributed by atoms with Crippen molar-refractivity contribution in [3.63, 3.8) is 0 Å². The normalized spacial score (nSPS) is 12.2. The quantitative estimate of drug-likeness (QED) is 0.308. The van der Waals surface area contributed by atoms with Gasteiger partial charge in [0.25, 0.3) is 5.91 Å². The van der Waals surface area contributed by atoms with Crippen molar-refractivity contribution in [2.24, 2.45) is 0 Å². The summed E-state index contributed by atoms with van der Waals surface area (Å²) in [4.78, 5) is 34.9. The van der Waals surface area contributed by atoms with Crippen molar-refractivity contribution in [2.75, 3.05) is 13.7 Å². The first-order valence-corrected chi connectivity index (χ1v) is 8.37. The molecule has 152 valence electrons. The fraction of sp³-hybridized carbons (Fsp3) is 0.474. The van der Waals surface area contributed by atoms with Gasteiger partial charge in [0.2, 0.25) is 5.54 Å². The largest absolute Gasteiger partial charge is 0.481 e. The molecule has 0 saturated heterocycles. The number of amides is 1. The van der Waals surface area contributed by atoms with Gasteiger partial charge in [0, 0.05) is 24.3 Å². The summed E-state index contributed by atoms with van der Waals surface area (Å²) < 4.78 is 9.95. The lowest BCUT2D eigenvalue weighted by atomic mass is 9.95. The lowest BCUT2D eigenvalue weighted by Gasteiger charge is -2.25. The number of ether oxygens (including phenoxy) is 2. The van der Waals surface area contributed by atoms with Gasteiger partial charge in [-0.05, 0) is 38.1 Å². The molecule has 0 bridgehead atoms. The van der Waals surface area contributed by atoms with Gasteiger partial charge in [0.15, 0.2) is 6.04 Å². The van der Waals surface area contributed by atoms with Gasteiger partial charge in [-0.1, -0.05) is 11.8 Å². The molecule has 28 heavy (non-hydrogen) atoms. The minimum Gasteiger partial charge on any atom is -0.481 e. The molecule has 0 heterocycles. The first-order valence-electron chi connectivity index (χ1n) is 8.37. The SMILES string of the molecule is COC(=O)C(NC(=O)c1ccc(OCC#CC(C)(C)O)cc1)C(C)(C)[N+](=O)[O-]. The van der Waals surface area contributed by atoms with E-state index in [9.17, 15) is 24.8 Å². The zero-order valence-corrected chi connectivity index (χ0v) is 16.4. The van der Waals surface area contributed by atoms with Crippen LogP contribution in [-0.2, 0) is 9.53 Å². The highest BCUT2D eigenvalue weighted by Crippen LogP contribution is 2.17. The van der Waals surface area contributed by atoms with Crippen LogP contribution >= 0.6 is 0 Å². The third kappa shape index (κ3) is 6.55. The molecule has 0 aliphatic carbocycles. The monoisotopic (exact) mass is 392 g/mol. The molecular formula is C19H24N2O7. The maximum absolute atomic E-state index is 12.4. The second-order valence-electron chi connectivity index (χ2n) is 7.01. The number of hydrogen-bond acceptors (Lipinski definition) is 7. The molecule has 0 saturated carbocycles. The Kier molecular flexibility index (Phi) is 7.52. The lowest BCUT2D eigenvalue weighted by Crippen LogP contribution is -2.58. The van der Waals surface area contributed by atoms with Crippen molar-refractivity contribution in [2.45, 2.75) is 44.9 Å². The molecular weight excluding hydrogens is 368 g/mol. The number of nitrogens with one attached hydrogen (secondary N) is 1. The Bertz CT molecular complexity index is 783. The van der Waals surface area contributed by atoms with E-state index in [2.05, 4.69) is 21.9 Å². The highest BCUT2D eigenvalue weighted by Gasteiger charge is 2.47. The Balaban J connectivity index is 2.84. The van der Waals surface area contributed by atoms with E-state index < -0.39 is 34.0 Å². The molecule has 9 heteroatoms. The molecule has 1 aromatic carbocycles. The number of nitrogens with zero attached hydrogens (tertiary/aromatic N) is 1. The summed E-state index contributed by atoms with van der Waals surface area (Å²) >= 11 is 0. The van der Waals surface area contributed by atoms with E-state index >= 15 is 0 Å². The number of hydrogen-bond donors (Lipinski definition) is 2. The van der Waals surface area contributed by atoms with Gasteiger partial charge >= 0.3 is 5.97 Å². The fourth-order valence-electron chi connectivity index (χ4n) is 2.04. The highest BCUT2D eigenvalue weighted by molar-refractivity contribution is 5.97. The maximum atomic E-state index is 12.4. The number of rotatable bonds is 7. The van der Waals surface area contributed by atoms with Crippen molar-refractivity contribution in [1.29, 1.82) is 0 Å². The smallest absolute Gasteiger partial charge is 0.335 e. The van der Waals surface area contributed by atoms with Gasteiger partial charge in [-0.25, -0.2) is 4.79 Å². The van der Waals surface area contributed by atoms with E-state index in [0.717, 1.165) is 7.11 Å². The van der Waals surface area contributed by atoms with E-state index in [1.165, 1.54) is 38.1 Å². The van der Waals surface area contributed by atoms with Gasteiger partial charge in [-0.15, -0.1) is 0 Å². The molecule has 0 aliphatic heterocycles. The third-order valence-corrected chi connectivity index (χ3v) is 3.71. The van der Waals surface area contributed by atoms with E-state index in [1.807, 2.05) is 0 Å².